The smallest absolute Gasteiger partial charge is 0.256 e. The van der Waals surface area contributed by atoms with Crippen molar-refractivity contribution < 1.29 is 9.59 Å². The van der Waals surface area contributed by atoms with E-state index in [1.165, 1.54) is 0 Å². The highest BCUT2D eigenvalue weighted by Crippen LogP contribution is 2.22. The molecule has 0 fully saturated rings. The lowest BCUT2D eigenvalue weighted by Crippen LogP contribution is -2.14. The summed E-state index contributed by atoms with van der Waals surface area (Å²) in [4.78, 5) is 23.8. The van der Waals surface area contributed by atoms with Crippen LogP contribution in [0.15, 0.2) is 46.9 Å². The standard InChI is InChI=1S/C17H17BrN2O2/c1-3-16(21)20-15-10-12(9-8-11(15)2)19-17(22)13-6-4-5-7-14(13)18/h4-10H,3H2,1-2H3,(H,19,22)(H,20,21). The summed E-state index contributed by atoms with van der Waals surface area (Å²) < 4.78 is 0.735. The van der Waals surface area contributed by atoms with Gasteiger partial charge < -0.3 is 10.6 Å². The van der Waals surface area contributed by atoms with Gasteiger partial charge in [0.05, 0.1) is 5.56 Å². The summed E-state index contributed by atoms with van der Waals surface area (Å²) >= 11 is 3.36. The van der Waals surface area contributed by atoms with Gasteiger partial charge >= 0.3 is 0 Å². The highest BCUT2D eigenvalue weighted by molar-refractivity contribution is 9.10. The van der Waals surface area contributed by atoms with Crippen molar-refractivity contribution in [3.63, 3.8) is 0 Å². The van der Waals surface area contributed by atoms with Crippen molar-refractivity contribution in [2.75, 3.05) is 10.6 Å². The number of hydrogen-bond donors (Lipinski definition) is 2. The lowest BCUT2D eigenvalue weighted by atomic mass is 10.1. The van der Waals surface area contributed by atoms with Gasteiger partial charge in [-0.25, -0.2) is 0 Å². The Kier molecular flexibility index (Phi) is 5.33. The lowest BCUT2D eigenvalue weighted by Gasteiger charge is -2.11. The van der Waals surface area contributed by atoms with Crippen LogP contribution in [-0.4, -0.2) is 11.8 Å². The zero-order valence-electron chi connectivity index (χ0n) is 12.4. The topological polar surface area (TPSA) is 58.2 Å². The molecule has 0 bridgehead atoms. The summed E-state index contributed by atoms with van der Waals surface area (Å²) in [7, 11) is 0. The number of anilines is 2. The summed E-state index contributed by atoms with van der Waals surface area (Å²) in [6.45, 7) is 3.70. The maximum absolute atomic E-state index is 12.3. The van der Waals surface area contributed by atoms with Crippen molar-refractivity contribution >= 4 is 39.1 Å². The molecule has 0 saturated carbocycles. The van der Waals surface area contributed by atoms with E-state index < -0.39 is 0 Å². The third kappa shape index (κ3) is 3.95. The van der Waals surface area contributed by atoms with Crippen LogP contribution in [0.25, 0.3) is 0 Å². The minimum absolute atomic E-state index is 0.0580. The van der Waals surface area contributed by atoms with E-state index in [4.69, 9.17) is 0 Å². The van der Waals surface area contributed by atoms with Gasteiger partial charge in [0.2, 0.25) is 5.91 Å². The molecule has 0 saturated heterocycles. The Bertz CT molecular complexity index is 714. The average molecular weight is 361 g/mol. The summed E-state index contributed by atoms with van der Waals surface area (Å²) in [6, 6.07) is 12.7. The van der Waals surface area contributed by atoms with Crippen LogP contribution >= 0.6 is 15.9 Å². The average Bonchev–Trinajstić information content (AvgIpc) is 2.50. The molecule has 0 aliphatic heterocycles. The quantitative estimate of drug-likeness (QED) is 0.850. The predicted octanol–water partition coefficient (Wildman–Crippen LogP) is 4.36. The number of carbonyl (C=O) groups excluding carboxylic acids is 2. The number of rotatable bonds is 4. The van der Waals surface area contributed by atoms with Gasteiger partial charge in [0.15, 0.2) is 0 Å². The number of aryl methyl sites for hydroxylation is 1. The highest BCUT2D eigenvalue weighted by Gasteiger charge is 2.11. The maximum atomic E-state index is 12.3. The Balaban J connectivity index is 2.20. The van der Waals surface area contributed by atoms with Crippen LogP contribution in [0.4, 0.5) is 11.4 Å². The van der Waals surface area contributed by atoms with E-state index >= 15 is 0 Å². The van der Waals surface area contributed by atoms with Gasteiger partial charge in [-0.05, 0) is 52.7 Å². The summed E-state index contributed by atoms with van der Waals surface area (Å²) in [5.74, 6) is -0.263. The largest absolute Gasteiger partial charge is 0.326 e. The Morgan fingerprint density at radius 2 is 1.82 bits per heavy atom. The fourth-order valence-corrected chi connectivity index (χ4v) is 2.38. The number of halogens is 1. The van der Waals surface area contributed by atoms with Crippen LogP contribution in [0.5, 0.6) is 0 Å². The van der Waals surface area contributed by atoms with Gasteiger partial charge in [0.25, 0.3) is 5.91 Å². The lowest BCUT2D eigenvalue weighted by molar-refractivity contribution is -0.115. The highest BCUT2D eigenvalue weighted by atomic mass is 79.9. The molecule has 0 aromatic heterocycles. The molecule has 0 spiro atoms. The first kappa shape index (κ1) is 16.2. The number of benzene rings is 2. The van der Waals surface area contributed by atoms with Crippen LogP contribution in [0.3, 0.4) is 0 Å². The van der Waals surface area contributed by atoms with Crippen molar-refractivity contribution in [2.45, 2.75) is 20.3 Å². The molecular weight excluding hydrogens is 344 g/mol. The third-order valence-electron chi connectivity index (χ3n) is 3.21. The van der Waals surface area contributed by atoms with E-state index in [-0.39, 0.29) is 11.8 Å². The van der Waals surface area contributed by atoms with Crippen molar-refractivity contribution in [1.29, 1.82) is 0 Å². The van der Waals surface area contributed by atoms with Gasteiger partial charge in [-0.2, -0.15) is 0 Å². The Morgan fingerprint density at radius 3 is 2.50 bits per heavy atom. The van der Waals surface area contributed by atoms with Gasteiger partial charge in [-0.15, -0.1) is 0 Å². The molecule has 2 aromatic rings. The Labute approximate surface area is 138 Å². The molecule has 2 rings (SSSR count). The monoisotopic (exact) mass is 360 g/mol. The molecular formula is C17H17BrN2O2. The molecule has 2 aromatic carbocycles. The van der Waals surface area contributed by atoms with Crippen LogP contribution in [-0.2, 0) is 4.79 Å². The van der Waals surface area contributed by atoms with Crippen LogP contribution < -0.4 is 10.6 Å². The van der Waals surface area contributed by atoms with Crippen molar-refractivity contribution in [1.82, 2.24) is 0 Å². The SMILES string of the molecule is CCC(=O)Nc1cc(NC(=O)c2ccccc2Br)ccc1C. The Morgan fingerprint density at radius 1 is 1.09 bits per heavy atom. The third-order valence-corrected chi connectivity index (χ3v) is 3.90. The molecule has 0 atom stereocenters. The fourth-order valence-electron chi connectivity index (χ4n) is 1.92. The summed E-state index contributed by atoms with van der Waals surface area (Å²) in [5.41, 5.74) is 2.84. The Hall–Kier alpha value is -2.14. The van der Waals surface area contributed by atoms with Gasteiger partial charge in [0, 0.05) is 22.3 Å². The van der Waals surface area contributed by atoms with E-state index in [0.717, 1.165) is 10.0 Å². The second kappa shape index (κ2) is 7.22. The number of nitrogens with one attached hydrogen (secondary N) is 2. The number of carbonyl (C=O) groups is 2. The van der Waals surface area contributed by atoms with Gasteiger partial charge in [-0.1, -0.05) is 25.1 Å². The summed E-state index contributed by atoms with van der Waals surface area (Å²) in [5, 5.41) is 5.66. The van der Waals surface area contributed by atoms with E-state index in [9.17, 15) is 9.59 Å². The molecule has 22 heavy (non-hydrogen) atoms. The van der Waals surface area contributed by atoms with E-state index in [1.807, 2.05) is 37.3 Å². The van der Waals surface area contributed by atoms with Crippen molar-refractivity contribution in [2.24, 2.45) is 0 Å². The second-order valence-corrected chi connectivity index (χ2v) is 5.72. The van der Waals surface area contributed by atoms with Gasteiger partial charge in [-0.3, -0.25) is 9.59 Å². The molecule has 0 aliphatic carbocycles. The van der Waals surface area contributed by atoms with E-state index in [0.29, 0.717) is 23.4 Å². The van der Waals surface area contributed by atoms with Gasteiger partial charge in [0.1, 0.15) is 0 Å². The van der Waals surface area contributed by atoms with Crippen molar-refractivity contribution in [3.05, 3.63) is 58.1 Å². The molecule has 0 unspecified atom stereocenters. The van der Waals surface area contributed by atoms with Crippen LogP contribution in [0.2, 0.25) is 0 Å². The number of hydrogen-bond acceptors (Lipinski definition) is 2. The minimum atomic E-state index is -0.205. The molecule has 114 valence electrons. The minimum Gasteiger partial charge on any atom is -0.326 e. The molecule has 5 heteroatoms. The first-order chi connectivity index (χ1) is 10.5. The second-order valence-electron chi connectivity index (χ2n) is 4.87. The fraction of sp³-hybridized carbons (Fsp3) is 0.176. The molecule has 0 radical (unpaired) electrons. The molecule has 0 aliphatic rings. The molecule has 2 N–H and O–H groups in total. The number of amides is 2. The first-order valence-electron chi connectivity index (χ1n) is 6.97. The molecule has 4 nitrogen and oxygen atoms in total. The normalized spacial score (nSPS) is 10.1. The van der Waals surface area contributed by atoms with Crippen LogP contribution in [0, 0.1) is 6.92 Å². The zero-order chi connectivity index (χ0) is 16.1. The molecule has 2 amide bonds. The summed E-state index contributed by atoms with van der Waals surface area (Å²) in [6.07, 6.45) is 0.410. The van der Waals surface area contributed by atoms with Crippen LogP contribution in [0.1, 0.15) is 29.3 Å². The van der Waals surface area contributed by atoms with E-state index in [2.05, 4.69) is 26.6 Å². The maximum Gasteiger partial charge on any atom is 0.256 e. The van der Waals surface area contributed by atoms with Crippen molar-refractivity contribution in [3.8, 4) is 0 Å². The van der Waals surface area contributed by atoms with E-state index in [1.54, 1.807) is 19.1 Å². The zero-order valence-corrected chi connectivity index (χ0v) is 14.0. The first-order valence-corrected chi connectivity index (χ1v) is 7.77. The predicted molar refractivity (Wildman–Crippen MR) is 92.2 cm³/mol. The molecule has 0 heterocycles.